The Morgan fingerprint density at radius 3 is 2.64 bits per heavy atom. The van der Waals surface area contributed by atoms with Gasteiger partial charge in [0.15, 0.2) is 0 Å². The number of pyridine rings is 1. The molecule has 0 saturated carbocycles. The number of ether oxygens (including phenoxy) is 2. The Kier molecular flexibility index (Phi) is 7.86. The molecule has 2 aromatic heterocycles. The van der Waals surface area contributed by atoms with Gasteiger partial charge in [0.1, 0.15) is 24.8 Å². The molecule has 0 atom stereocenters. The Labute approximate surface area is 196 Å². The van der Waals surface area contributed by atoms with Gasteiger partial charge >= 0.3 is 6.01 Å². The minimum atomic E-state index is 0.0794. The molecule has 2 aromatic carbocycles. The molecule has 0 spiro atoms. The number of aliphatic hydroxyl groups excluding tert-OH is 1. The number of hydrogen-bond donors (Lipinski definition) is 3. The van der Waals surface area contributed by atoms with Crippen LogP contribution in [-0.4, -0.2) is 46.4 Å². The van der Waals surface area contributed by atoms with Crippen molar-refractivity contribution in [1.29, 1.82) is 0 Å². The number of benzene rings is 2. The van der Waals surface area contributed by atoms with Gasteiger partial charge in [0, 0.05) is 30.4 Å². The first-order valence-corrected chi connectivity index (χ1v) is 10.9. The van der Waals surface area contributed by atoms with Crippen LogP contribution in [0.3, 0.4) is 0 Å². The number of fused-ring (bicyclic) bond motifs is 1. The highest BCUT2D eigenvalue weighted by Crippen LogP contribution is 2.31. The quantitative estimate of drug-likeness (QED) is 0.286. The zero-order valence-electron chi connectivity index (χ0n) is 17.9. The van der Waals surface area contributed by atoms with E-state index in [1.54, 1.807) is 18.3 Å². The van der Waals surface area contributed by atoms with Crippen LogP contribution in [0.4, 0.5) is 11.5 Å². The van der Waals surface area contributed by atoms with Crippen molar-refractivity contribution in [3.63, 3.8) is 0 Å². The number of aromatic nitrogens is 3. The van der Waals surface area contributed by atoms with Crippen LogP contribution in [0.2, 0.25) is 5.02 Å². The van der Waals surface area contributed by atoms with E-state index in [1.807, 2.05) is 48.5 Å². The van der Waals surface area contributed by atoms with E-state index in [0.717, 1.165) is 22.3 Å². The van der Waals surface area contributed by atoms with Crippen molar-refractivity contribution >= 4 is 34.0 Å². The molecule has 4 aromatic rings. The lowest BCUT2D eigenvalue weighted by Crippen LogP contribution is -2.24. The van der Waals surface area contributed by atoms with Crippen LogP contribution in [0.25, 0.3) is 10.9 Å². The molecule has 0 radical (unpaired) electrons. The highest BCUT2D eigenvalue weighted by molar-refractivity contribution is 6.32. The standard InChI is InChI=1S/C24H24ClN5O3/c25-20-15-17(8-9-22(20)33-16-18-5-3-4-10-27-18)28-23-19-6-1-2-7-21(19)29-24(30-23)32-14-12-26-11-13-31/h1-10,15,26,31H,11-14,16H2,(H,28,29,30). The molecule has 0 amide bonds. The largest absolute Gasteiger partial charge is 0.486 e. The van der Waals surface area contributed by atoms with Crippen molar-refractivity contribution in [3.8, 4) is 11.8 Å². The molecule has 9 heteroatoms. The van der Waals surface area contributed by atoms with Gasteiger partial charge in [0.05, 0.1) is 22.8 Å². The van der Waals surface area contributed by atoms with E-state index in [0.29, 0.717) is 42.9 Å². The number of halogens is 1. The zero-order valence-corrected chi connectivity index (χ0v) is 18.6. The molecule has 170 valence electrons. The molecular formula is C24H24ClN5O3. The van der Waals surface area contributed by atoms with Gasteiger partial charge in [-0.3, -0.25) is 4.98 Å². The van der Waals surface area contributed by atoms with Crippen LogP contribution >= 0.6 is 11.6 Å². The normalized spacial score (nSPS) is 10.8. The Balaban J connectivity index is 1.48. The summed E-state index contributed by atoms with van der Waals surface area (Å²) in [6.07, 6.45) is 1.73. The Morgan fingerprint density at radius 1 is 0.939 bits per heavy atom. The van der Waals surface area contributed by atoms with Crippen LogP contribution in [0.5, 0.6) is 11.8 Å². The molecule has 3 N–H and O–H groups in total. The van der Waals surface area contributed by atoms with Crippen LogP contribution in [0, 0.1) is 0 Å². The summed E-state index contributed by atoms with van der Waals surface area (Å²) < 4.78 is 11.5. The van der Waals surface area contributed by atoms with Gasteiger partial charge < -0.3 is 25.2 Å². The van der Waals surface area contributed by atoms with E-state index in [2.05, 4.69) is 25.6 Å². The van der Waals surface area contributed by atoms with Gasteiger partial charge in [0.2, 0.25) is 0 Å². The number of hydrogen-bond acceptors (Lipinski definition) is 8. The van der Waals surface area contributed by atoms with Crippen molar-refractivity contribution in [2.45, 2.75) is 6.61 Å². The Morgan fingerprint density at radius 2 is 1.82 bits per heavy atom. The lowest BCUT2D eigenvalue weighted by molar-refractivity contribution is 0.268. The Hall–Kier alpha value is -3.46. The van der Waals surface area contributed by atoms with E-state index in [9.17, 15) is 0 Å². The van der Waals surface area contributed by atoms with Crippen molar-refractivity contribution in [2.75, 3.05) is 31.6 Å². The van der Waals surface area contributed by atoms with Gasteiger partial charge in [-0.2, -0.15) is 9.97 Å². The lowest BCUT2D eigenvalue weighted by atomic mass is 10.2. The predicted molar refractivity (Wildman–Crippen MR) is 128 cm³/mol. The molecule has 0 aliphatic heterocycles. The lowest BCUT2D eigenvalue weighted by Gasteiger charge is -2.13. The molecule has 0 unspecified atom stereocenters. The number of nitrogens with zero attached hydrogens (tertiary/aromatic N) is 3. The first-order chi connectivity index (χ1) is 16.2. The number of para-hydroxylation sites is 1. The summed E-state index contributed by atoms with van der Waals surface area (Å²) in [5, 5.41) is 16.5. The highest BCUT2D eigenvalue weighted by Gasteiger charge is 2.11. The third-order valence-corrected chi connectivity index (χ3v) is 4.97. The second kappa shape index (κ2) is 11.4. The highest BCUT2D eigenvalue weighted by atomic mass is 35.5. The first kappa shape index (κ1) is 22.7. The Bertz CT molecular complexity index is 1190. The van der Waals surface area contributed by atoms with Crippen LogP contribution in [-0.2, 0) is 6.61 Å². The van der Waals surface area contributed by atoms with Crippen LogP contribution < -0.4 is 20.1 Å². The second-order valence-corrected chi connectivity index (χ2v) is 7.48. The maximum atomic E-state index is 8.84. The van der Waals surface area contributed by atoms with Gasteiger partial charge in [0.25, 0.3) is 0 Å². The molecule has 0 fully saturated rings. The average Bonchev–Trinajstić information content (AvgIpc) is 2.84. The zero-order chi connectivity index (χ0) is 22.9. The summed E-state index contributed by atoms with van der Waals surface area (Å²) >= 11 is 6.45. The van der Waals surface area contributed by atoms with E-state index in [1.165, 1.54) is 0 Å². The smallest absolute Gasteiger partial charge is 0.318 e. The summed E-state index contributed by atoms with van der Waals surface area (Å²) in [5.74, 6) is 1.18. The number of aliphatic hydroxyl groups is 1. The van der Waals surface area contributed by atoms with Crippen molar-refractivity contribution in [2.24, 2.45) is 0 Å². The van der Waals surface area contributed by atoms with Crippen LogP contribution in [0.1, 0.15) is 5.69 Å². The monoisotopic (exact) mass is 465 g/mol. The van der Waals surface area contributed by atoms with Crippen LogP contribution in [0.15, 0.2) is 66.9 Å². The van der Waals surface area contributed by atoms with Crippen molar-refractivity contribution in [1.82, 2.24) is 20.3 Å². The van der Waals surface area contributed by atoms with E-state index >= 15 is 0 Å². The summed E-state index contributed by atoms with van der Waals surface area (Å²) in [7, 11) is 0. The third kappa shape index (κ3) is 6.29. The molecule has 0 bridgehead atoms. The van der Waals surface area contributed by atoms with E-state index in [4.69, 9.17) is 26.2 Å². The molecule has 2 heterocycles. The summed E-state index contributed by atoms with van der Waals surface area (Å²) in [5.41, 5.74) is 2.33. The fourth-order valence-corrected chi connectivity index (χ4v) is 3.34. The van der Waals surface area contributed by atoms with Crippen molar-refractivity contribution in [3.05, 3.63) is 77.6 Å². The number of rotatable bonds is 11. The molecule has 8 nitrogen and oxygen atoms in total. The van der Waals surface area contributed by atoms with Gasteiger partial charge in [-0.05, 0) is 42.5 Å². The molecule has 33 heavy (non-hydrogen) atoms. The molecule has 0 aliphatic rings. The average molecular weight is 466 g/mol. The minimum Gasteiger partial charge on any atom is -0.486 e. The van der Waals surface area contributed by atoms with E-state index in [-0.39, 0.29) is 12.6 Å². The maximum absolute atomic E-state index is 8.84. The first-order valence-electron chi connectivity index (χ1n) is 10.5. The van der Waals surface area contributed by atoms with Gasteiger partial charge in [-0.25, -0.2) is 0 Å². The fraction of sp³-hybridized carbons (Fsp3) is 0.208. The SMILES string of the molecule is OCCNCCOc1nc(Nc2ccc(OCc3ccccn3)c(Cl)c2)c2ccccc2n1. The number of anilines is 2. The number of nitrogens with one attached hydrogen (secondary N) is 2. The molecule has 0 saturated heterocycles. The molecule has 0 aliphatic carbocycles. The molecular weight excluding hydrogens is 442 g/mol. The summed E-state index contributed by atoms with van der Waals surface area (Å²) in [6.45, 7) is 1.88. The summed E-state index contributed by atoms with van der Waals surface area (Å²) in [6, 6.07) is 19.1. The second-order valence-electron chi connectivity index (χ2n) is 7.07. The third-order valence-electron chi connectivity index (χ3n) is 4.68. The summed E-state index contributed by atoms with van der Waals surface area (Å²) in [4.78, 5) is 13.3. The van der Waals surface area contributed by atoms with Crippen molar-refractivity contribution < 1.29 is 14.6 Å². The predicted octanol–water partition coefficient (Wildman–Crippen LogP) is 3.96. The maximum Gasteiger partial charge on any atom is 0.318 e. The van der Waals surface area contributed by atoms with E-state index < -0.39 is 0 Å². The molecule has 4 rings (SSSR count). The van der Waals surface area contributed by atoms with Gasteiger partial charge in [-0.15, -0.1) is 0 Å². The van der Waals surface area contributed by atoms with Gasteiger partial charge in [-0.1, -0.05) is 29.8 Å². The fourth-order valence-electron chi connectivity index (χ4n) is 3.10. The topological polar surface area (TPSA) is 101 Å². The minimum absolute atomic E-state index is 0.0794.